The first-order valence-corrected chi connectivity index (χ1v) is 11.7. The number of carbonyl (C=O) groups excluding carboxylic acids is 3. The molecule has 0 saturated heterocycles. The molecule has 5 rings (SSSR count). The van der Waals surface area contributed by atoms with Gasteiger partial charge in [0.1, 0.15) is 5.00 Å². The minimum Gasteiger partial charge on any atom is -0.337 e. The Morgan fingerprint density at radius 3 is 2.66 bits per heavy atom. The lowest BCUT2D eigenvalue weighted by atomic mass is 9.96. The number of thiophene rings is 1. The normalized spacial score (nSPS) is 15.2. The van der Waals surface area contributed by atoms with Crippen LogP contribution in [0.25, 0.3) is 0 Å². The number of anilines is 1. The number of carbonyl (C=O) groups is 3. The van der Waals surface area contributed by atoms with E-state index in [-0.39, 0.29) is 23.5 Å². The number of rotatable bonds is 5. The second-order valence-electron chi connectivity index (χ2n) is 8.00. The molecule has 8 heteroatoms. The van der Waals surface area contributed by atoms with Crippen LogP contribution in [0.2, 0.25) is 5.02 Å². The van der Waals surface area contributed by atoms with Gasteiger partial charge in [0.05, 0.1) is 22.7 Å². The topological polar surface area (TPSA) is 79.4 Å². The Bertz CT molecular complexity index is 1220. The summed E-state index contributed by atoms with van der Waals surface area (Å²) in [6.07, 6.45) is 5.55. The molecule has 0 atom stereocenters. The van der Waals surface area contributed by atoms with Gasteiger partial charge in [0.2, 0.25) is 5.91 Å². The molecule has 0 radical (unpaired) electrons. The summed E-state index contributed by atoms with van der Waals surface area (Å²) in [7, 11) is 0. The summed E-state index contributed by atoms with van der Waals surface area (Å²) in [6.45, 7) is 1.03. The van der Waals surface area contributed by atoms with E-state index >= 15 is 0 Å². The van der Waals surface area contributed by atoms with Crippen LogP contribution >= 0.6 is 22.9 Å². The molecular weight excluding hydrogens is 446 g/mol. The molecule has 3 aromatic rings. The molecule has 1 aromatic carbocycles. The number of ketones is 1. The van der Waals surface area contributed by atoms with Crippen molar-refractivity contribution >= 4 is 45.5 Å². The monoisotopic (exact) mass is 465 g/mol. The lowest BCUT2D eigenvalue weighted by Gasteiger charge is -2.27. The highest BCUT2D eigenvalue weighted by Gasteiger charge is 2.37. The van der Waals surface area contributed by atoms with E-state index in [9.17, 15) is 14.4 Å². The minimum atomic E-state index is -0.337. The van der Waals surface area contributed by atoms with E-state index in [1.54, 1.807) is 42.6 Å². The van der Waals surface area contributed by atoms with E-state index in [1.807, 2.05) is 4.90 Å². The van der Waals surface area contributed by atoms with Crippen molar-refractivity contribution in [2.45, 2.75) is 25.8 Å². The Balaban J connectivity index is 1.53. The molecule has 1 saturated carbocycles. The molecule has 0 spiro atoms. The number of benzene rings is 1. The number of aromatic nitrogens is 1. The van der Waals surface area contributed by atoms with E-state index in [1.165, 1.54) is 17.5 Å². The number of nitrogens with zero attached hydrogens (tertiary/aromatic N) is 2. The van der Waals surface area contributed by atoms with Gasteiger partial charge in [0, 0.05) is 35.3 Å². The zero-order valence-corrected chi connectivity index (χ0v) is 18.7. The van der Waals surface area contributed by atoms with Crippen molar-refractivity contribution in [1.82, 2.24) is 9.88 Å². The van der Waals surface area contributed by atoms with Gasteiger partial charge in [-0.25, -0.2) is 0 Å². The third-order valence-electron chi connectivity index (χ3n) is 5.79. The van der Waals surface area contributed by atoms with Gasteiger partial charge in [-0.1, -0.05) is 23.7 Å². The van der Waals surface area contributed by atoms with Gasteiger partial charge in [-0.2, -0.15) is 0 Å². The average molecular weight is 466 g/mol. The van der Waals surface area contributed by atoms with Gasteiger partial charge in [0.15, 0.2) is 5.78 Å². The van der Waals surface area contributed by atoms with Crippen LogP contribution in [0.4, 0.5) is 5.00 Å². The van der Waals surface area contributed by atoms with E-state index in [2.05, 4.69) is 10.3 Å². The van der Waals surface area contributed by atoms with Gasteiger partial charge >= 0.3 is 0 Å². The van der Waals surface area contributed by atoms with Crippen molar-refractivity contribution in [1.29, 1.82) is 0 Å². The largest absolute Gasteiger partial charge is 0.337 e. The van der Waals surface area contributed by atoms with Crippen molar-refractivity contribution in [3.8, 4) is 0 Å². The number of hydrogen-bond acceptors (Lipinski definition) is 5. The summed E-state index contributed by atoms with van der Waals surface area (Å²) in [6, 6.07) is 10.3. The van der Waals surface area contributed by atoms with Crippen LogP contribution in [0.3, 0.4) is 0 Å². The Morgan fingerprint density at radius 2 is 1.94 bits per heavy atom. The second-order valence-corrected chi connectivity index (χ2v) is 9.51. The van der Waals surface area contributed by atoms with Gasteiger partial charge in [0.25, 0.3) is 5.91 Å². The van der Waals surface area contributed by atoms with E-state index in [4.69, 9.17) is 11.6 Å². The summed E-state index contributed by atoms with van der Waals surface area (Å²) < 4.78 is 0. The third-order valence-corrected chi connectivity index (χ3v) is 7.25. The van der Waals surface area contributed by atoms with Crippen LogP contribution in [0.1, 0.15) is 49.6 Å². The molecule has 1 N–H and O–H groups in total. The molecule has 0 bridgehead atoms. The molecule has 0 unspecified atom stereocenters. The zero-order chi connectivity index (χ0) is 22.2. The van der Waals surface area contributed by atoms with Crippen molar-refractivity contribution in [3.63, 3.8) is 0 Å². The molecule has 162 valence electrons. The van der Waals surface area contributed by atoms with Crippen molar-refractivity contribution in [2.24, 2.45) is 5.92 Å². The van der Waals surface area contributed by atoms with Crippen LogP contribution in [-0.2, 0) is 17.8 Å². The van der Waals surface area contributed by atoms with Crippen molar-refractivity contribution in [3.05, 3.63) is 80.9 Å². The van der Waals surface area contributed by atoms with Crippen LogP contribution in [0.5, 0.6) is 0 Å². The van der Waals surface area contributed by atoms with Gasteiger partial charge in [-0.3, -0.25) is 19.4 Å². The molecule has 1 aliphatic heterocycles. The Hall–Kier alpha value is -3.03. The van der Waals surface area contributed by atoms with Crippen LogP contribution in [-0.4, -0.2) is 34.0 Å². The lowest BCUT2D eigenvalue weighted by Crippen LogP contribution is -2.36. The highest BCUT2D eigenvalue weighted by Crippen LogP contribution is 2.41. The predicted molar refractivity (Wildman–Crippen MR) is 123 cm³/mol. The van der Waals surface area contributed by atoms with E-state index < -0.39 is 0 Å². The third kappa shape index (κ3) is 3.94. The molecular formula is C24H20ClN3O3S. The fourth-order valence-corrected chi connectivity index (χ4v) is 5.44. The molecule has 2 aliphatic rings. The Morgan fingerprint density at radius 1 is 1.12 bits per heavy atom. The molecule has 32 heavy (non-hydrogen) atoms. The molecule has 2 amide bonds. The average Bonchev–Trinajstić information content (AvgIpc) is 3.60. The lowest BCUT2D eigenvalue weighted by molar-refractivity contribution is -0.133. The highest BCUT2D eigenvalue weighted by atomic mass is 35.5. The van der Waals surface area contributed by atoms with E-state index in [0.717, 1.165) is 23.3 Å². The summed E-state index contributed by atoms with van der Waals surface area (Å²) in [5, 5.41) is 3.75. The number of pyridine rings is 1. The maximum atomic E-state index is 13.6. The quantitative estimate of drug-likeness (QED) is 0.559. The van der Waals surface area contributed by atoms with Gasteiger partial charge in [-0.15, -0.1) is 11.3 Å². The fourth-order valence-electron chi connectivity index (χ4n) is 3.96. The van der Waals surface area contributed by atoms with Crippen LogP contribution in [0, 0.1) is 5.92 Å². The molecule has 6 nitrogen and oxygen atoms in total. The molecule has 1 fully saturated rings. The number of fused-ring (bicyclic) bond motifs is 1. The number of amides is 2. The van der Waals surface area contributed by atoms with Crippen LogP contribution < -0.4 is 5.32 Å². The Labute approximate surface area is 194 Å². The number of nitrogens with one attached hydrogen (secondary N) is 1. The smallest absolute Gasteiger partial charge is 0.257 e. The van der Waals surface area contributed by atoms with Crippen molar-refractivity contribution in [2.75, 3.05) is 11.9 Å². The molecule has 3 heterocycles. The first-order chi connectivity index (χ1) is 15.5. The highest BCUT2D eigenvalue weighted by molar-refractivity contribution is 7.17. The standard InChI is InChI=1S/C24H20ClN3O3S/c25-18-6-2-1-5-16(18)21(29)20-17-9-11-28(24(31)14-7-8-14)13-19(17)32-23(20)27-22(30)15-4-3-10-26-12-15/h1-6,10,12,14H,7-9,11,13H2,(H,27,30). The maximum absolute atomic E-state index is 13.6. The van der Waals surface area contributed by atoms with E-state index in [0.29, 0.717) is 46.2 Å². The maximum Gasteiger partial charge on any atom is 0.257 e. The number of halogens is 1. The molecule has 1 aliphatic carbocycles. The first kappa shape index (κ1) is 20.8. The minimum absolute atomic E-state index is 0.144. The second kappa shape index (κ2) is 8.48. The van der Waals surface area contributed by atoms with Gasteiger partial charge in [-0.05, 0) is 49.1 Å². The zero-order valence-electron chi connectivity index (χ0n) is 17.1. The summed E-state index contributed by atoms with van der Waals surface area (Å²) in [4.78, 5) is 45.8. The van der Waals surface area contributed by atoms with Gasteiger partial charge < -0.3 is 10.2 Å². The predicted octanol–water partition coefficient (Wildman–Crippen LogP) is 4.57. The Kier molecular flexibility index (Phi) is 5.53. The van der Waals surface area contributed by atoms with Crippen LogP contribution in [0.15, 0.2) is 48.8 Å². The summed E-state index contributed by atoms with van der Waals surface area (Å²) in [5.74, 6) is -0.234. The summed E-state index contributed by atoms with van der Waals surface area (Å²) in [5.41, 5.74) is 2.15. The fraction of sp³-hybridized carbons (Fsp3) is 0.250. The SMILES string of the molecule is O=C(Nc1sc2c(c1C(=O)c1ccccc1Cl)CCN(C(=O)C1CC1)C2)c1cccnc1. The molecule has 2 aromatic heterocycles. The first-order valence-electron chi connectivity index (χ1n) is 10.5. The number of hydrogen-bond donors (Lipinski definition) is 1. The van der Waals surface area contributed by atoms with Crippen molar-refractivity contribution < 1.29 is 14.4 Å². The summed E-state index contributed by atoms with van der Waals surface area (Å²) >= 11 is 7.67.